The third-order valence-electron chi connectivity index (χ3n) is 6.24. The molecule has 9 nitrogen and oxygen atoms in total. The van der Waals surface area contributed by atoms with Crippen LogP contribution in [0.25, 0.3) is 55.8 Å². The van der Waals surface area contributed by atoms with Crippen molar-refractivity contribution in [1.82, 2.24) is 35.1 Å². The molecule has 0 aliphatic heterocycles. The molecule has 5 heterocycles. The molecule has 38 heavy (non-hydrogen) atoms. The van der Waals surface area contributed by atoms with Crippen molar-refractivity contribution in [2.24, 2.45) is 5.41 Å². The first kappa shape index (κ1) is 23.4. The van der Waals surface area contributed by atoms with E-state index in [1.54, 1.807) is 37.1 Å². The van der Waals surface area contributed by atoms with Crippen molar-refractivity contribution in [2.75, 3.05) is 5.32 Å². The van der Waals surface area contributed by atoms with Crippen LogP contribution < -0.4 is 5.32 Å². The van der Waals surface area contributed by atoms with Crippen molar-refractivity contribution in [3.63, 3.8) is 0 Å². The maximum absolute atomic E-state index is 15.2. The number of nitrogens with one attached hydrogen (secondary N) is 3. The van der Waals surface area contributed by atoms with Gasteiger partial charge in [-0.25, -0.2) is 14.4 Å². The van der Waals surface area contributed by atoms with Gasteiger partial charge in [-0.1, -0.05) is 20.8 Å². The van der Waals surface area contributed by atoms with Crippen molar-refractivity contribution < 1.29 is 9.18 Å². The maximum atomic E-state index is 15.2. The summed E-state index contributed by atoms with van der Waals surface area (Å²) in [6, 6.07) is 10.7. The number of fused-ring (bicyclic) bond motifs is 2. The summed E-state index contributed by atoms with van der Waals surface area (Å²) < 4.78 is 15.2. The number of rotatable bonds is 4. The molecule has 0 spiro atoms. The van der Waals surface area contributed by atoms with Crippen LogP contribution in [0.1, 0.15) is 20.8 Å². The Hall–Kier alpha value is -4.99. The smallest absolute Gasteiger partial charge is 0.229 e. The van der Waals surface area contributed by atoms with Gasteiger partial charge in [-0.15, -0.1) is 0 Å². The van der Waals surface area contributed by atoms with Crippen LogP contribution in [-0.4, -0.2) is 41.0 Å². The largest absolute Gasteiger partial charge is 0.335 e. The average Bonchev–Trinajstić information content (AvgIpc) is 3.53. The molecule has 0 aliphatic carbocycles. The minimum Gasteiger partial charge on any atom is -0.335 e. The number of carbonyl (C=O) groups excluding carboxylic acids is 1. The van der Waals surface area contributed by atoms with Crippen molar-refractivity contribution in [3.05, 3.63) is 73.2 Å². The van der Waals surface area contributed by atoms with E-state index in [-0.39, 0.29) is 11.4 Å². The first-order valence-corrected chi connectivity index (χ1v) is 12.0. The monoisotopic (exact) mass is 506 g/mol. The lowest BCUT2D eigenvalue weighted by Crippen LogP contribution is -2.27. The number of aromatic nitrogens is 7. The fourth-order valence-corrected chi connectivity index (χ4v) is 4.21. The number of halogens is 1. The van der Waals surface area contributed by atoms with E-state index in [4.69, 9.17) is 0 Å². The molecule has 188 valence electrons. The van der Waals surface area contributed by atoms with Crippen molar-refractivity contribution in [3.8, 4) is 33.8 Å². The third kappa shape index (κ3) is 4.15. The predicted octanol–water partition coefficient (Wildman–Crippen LogP) is 5.75. The van der Waals surface area contributed by atoms with Crippen LogP contribution in [0.15, 0.2) is 67.4 Å². The van der Waals surface area contributed by atoms with Gasteiger partial charge in [0.2, 0.25) is 5.91 Å². The highest BCUT2D eigenvalue weighted by Gasteiger charge is 2.22. The van der Waals surface area contributed by atoms with Gasteiger partial charge in [0.25, 0.3) is 0 Å². The summed E-state index contributed by atoms with van der Waals surface area (Å²) in [5.74, 6) is -0.145. The molecule has 5 aromatic heterocycles. The van der Waals surface area contributed by atoms with E-state index in [1.165, 1.54) is 6.07 Å². The zero-order valence-electron chi connectivity index (χ0n) is 20.9. The number of anilines is 1. The number of hydrogen-bond donors (Lipinski definition) is 3. The molecule has 0 saturated heterocycles. The molecule has 0 radical (unpaired) electrons. The molecule has 1 amide bonds. The van der Waals surface area contributed by atoms with Gasteiger partial charge < -0.3 is 10.3 Å². The minimum atomic E-state index is -0.564. The van der Waals surface area contributed by atoms with E-state index in [0.29, 0.717) is 39.4 Å². The number of imidazole rings is 1. The molecular weight excluding hydrogens is 483 g/mol. The number of hydrogen-bond acceptors (Lipinski definition) is 6. The lowest BCUT2D eigenvalue weighted by atomic mass is 9.95. The third-order valence-corrected chi connectivity index (χ3v) is 6.24. The number of benzene rings is 1. The van der Waals surface area contributed by atoms with E-state index in [9.17, 15) is 4.79 Å². The molecule has 3 N–H and O–H groups in total. The van der Waals surface area contributed by atoms with Gasteiger partial charge in [0.05, 0.1) is 17.4 Å². The summed E-state index contributed by atoms with van der Waals surface area (Å²) in [7, 11) is 0. The van der Waals surface area contributed by atoms with Crippen LogP contribution in [0.2, 0.25) is 0 Å². The SMILES string of the molecule is CC(C)(C)C(=O)Nc1cncc(-c2cc(F)c3n[nH]c(-c4nc5nccc(-c6ccncc6)c5[nH]4)c3c2)c1. The minimum absolute atomic E-state index is 0.139. The number of pyridine rings is 3. The van der Waals surface area contributed by atoms with Crippen molar-refractivity contribution >= 4 is 33.7 Å². The quantitative estimate of drug-likeness (QED) is 0.280. The summed E-state index contributed by atoms with van der Waals surface area (Å²) in [6.45, 7) is 5.49. The highest BCUT2D eigenvalue weighted by Crippen LogP contribution is 2.34. The molecule has 6 aromatic rings. The zero-order chi connectivity index (χ0) is 26.4. The average molecular weight is 507 g/mol. The van der Waals surface area contributed by atoms with E-state index < -0.39 is 11.2 Å². The van der Waals surface area contributed by atoms with Gasteiger partial charge in [0.1, 0.15) is 11.2 Å². The molecular formula is C28H23FN8O. The Balaban J connectivity index is 1.43. The number of nitrogens with zero attached hydrogens (tertiary/aromatic N) is 5. The molecule has 0 fully saturated rings. The summed E-state index contributed by atoms with van der Waals surface area (Å²) in [6.07, 6.45) is 8.34. The first-order chi connectivity index (χ1) is 18.3. The highest BCUT2D eigenvalue weighted by molar-refractivity contribution is 5.98. The summed E-state index contributed by atoms with van der Waals surface area (Å²) in [5, 5.41) is 10.6. The summed E-state index contributed by atoms with van der Waals surface area (Å²) in [4.78, 5) is 33.2. The Morgan fingerprint density at radius 1 is 0.947 bits per heavy atom. The van der Waals surface area contributed by atoms with Crippen LogP contribution in [0.3, 0.4) is 0 Å². The van der Waals surface area contributed by atoms with Crippen LogP contribution in [0.4, 0.5) is 10.1 Å². The Bertz CT molecular complexity index is 1820. The molecule has 0 aliphatic rings. The summed E-state index contributed by atoms with van der Waals surface area (Å²) in [5.41, 5.74) is 5.09. The summed E-state index contributed by atoms with van der Waals surface area (Å²) >= 11 is 0. The lowest BCUT2D eigenvalue weighted by molar-refractivity contribution is -0.123. The number of H-pyrrole nitrogens is 2. The second-order valence-electron chi connectivity index (χ2n) is 10.00. The standard InChI is InChI=1S/C28H23FN8O/c1-28(2,3)27(38)33-18-10-17(13-31-14-18)16-11-20-22(21(29)12-16)36-37-24(20)26-34-23-19(6-9-32-25(23)35-26)15-4-7-30-8-5-15/h4-14H,1-3H3,(H,33,38)(H,36,37)(H,32,34,35). The molecule has 0 saturated carbocycles. The second kappa shape index (κ2) is 8.84. The topological polar surface area (TPSA) is 125 Å². The number of carbonyl (C=O) groups is 1. The fourth-order valence-electron chi connectivity index (χ4n) is 4.21. The predicted molar refractivity (Wildman–Crippen MR) is 143 cm³/mol. The van der Waals surface area contributed by atoms with Gasteiger partial charge >= 0.3 is 0 Å². The molecule has 0 unspecified atom stereocenters. The molecule has 1 aromatic carbocycles. The van der Waals surface area contributed by atoms with E-state index in [2.05, 4.69) is 40.4 Å². The van der Waals surface area contributed by atoms with Crippen molar-refractivity contribution in [2.45, 2.75) is 20.8 Å². The van der Waals surface area contributed by atoms with Gasteiger partial charge in [-0.2, -0.15) is 5.10 Å². The molecule has 0 bridgehead atoms. The van der Waals surface area contributed by atoms with Crippen LogP contribution in [-0.2, 0) is 4.79 Å². The van der Waals surface area contributed by atoms with Gasteiger partial charge in [-0.05, 0) is 47.5 Å². The first-order valence-electron chi connectivity index (χ1n) is 12.0. The Morgan fingerprint density at radius 3 is 2.55 bits per heavy atom. The van der Waals surface area contributed by atoms with Crippen LogP contribution in [0, 0.1) is 11.2 Å². The number of aromatic amines is 2. The zero-order valence-corrected chi connectivity index (χ0v) is 20.9. The van der Waals surface area contributed by atoms with Crippen molar-refractivity contribution in [1.29, 1.82) is 0 Å². The fraction of sp³-hybridized carbons (Fsp3) is 0.143. The van der Waals surface area contributed by atoms with Gasteiger partial charge in [-0.3, -0.25) is 19.9 Å². The van der Waals surface area contributed by atoms with E-state index in [1.807, 2.05) is 45.0 Å². The van der Waals surface area contributed by atoms with E-state index in [0.717, 1.165) is 16.6 Å². The van der Waals surface area contributed by atoms with Crippen LogP contribution >= 0.6 is 0 Å². The Morgan fingerprint density at radius 2 is 1.76 bits per heavy atom. The highest BCUT2D eigenvalue weighted by atomic mass is 19.1. The normalized spacial score (nSPS) is 11.8. The van der Waals surface area contributed by atoms with Gasteiger partial charge in [0.15, 0.2) is 17.3 Å². The molecule has 6 rings (SSSR count). The van der Waals surface area contributed by atoms with Gasteiger partial charge in [0, 0.05) is 46.7 Å². The van der Waals surface area contributed by atoms with Crippen LogP contribution in [0.5, 0.6) is 0 Å². The lowest BCUT2D eigenvalue weighted by Gasteiger charge is -2.17. The molecule has 0 atom stereocenters. The Kier molecular flexibility index (Phi) is 5.45. The Labute approximate surface area is 216 Å². The number of amides is 1. The maximum Gasteiger partial charge on any atom is 0.229 e. The second-order valence-corrected chi connectivity index (χ2v) is 10.00. The molecule has 10 heteroatoms. The van der Waals surface area contributed by atoms with E-state index >= 15 is 4.39 Å².